The molecule has 1 aliphatic heterocycles. The predicted molar refractivity (Wildman–Crippen MR) is 104 cm³/mol. The van der Waals surface area contributed by atoms with Crippen molar-refractivity contribution in [2.45, 2.75) is 0 Å². The molecule has 2 N–H and O–H groups in total. The molecule has 10 nitrogen and oxygen atoms in total. The van der Waals surface area contributed by atoms with Gasteiger partial charge in [0, 0.05) is 25.2 Å². The van der Waals surface area contributed by atoms with E-state index in [2.05, 4.69) is 5.32 Å². The van der Waals surface area contributed by atoms with Crippen molar-refractivity contribution in [3.63, 3.8) is 0 Å². The van der Waals surface area contributed by atoms with E-state index >= 15 is 0 Å². The van der Waals surface area contributed by atoms with Gasteiger partial charge in [-0.25, -0.2) is 4.79 Å². The van der Waals surface area contributed by atoms with E-state index in [9.17, 15) is 24.8 Å². The van der Waals surface area contributed by atoms with E-state index in [1.807, 2.05) is 4.90 Å². The molecule has 0 saturated carbocycles. The Morgan fingerprint density at radius 1 is 1.21 bits per heavy atom. The van der Waals surface area contributed by atoms with Gasteiger partial charge in [-0.2, -0.15) is 0 Å². The molecule has 1 saturated heterocycles. The number of nitro benzene ring substituents is 1. The Labute approximate surface area is 165 Å². The van der Waals surface area contributed by atoms with Crippen LogP contribution in [-0.2, 0) is 4.74 Å². The lowest BCUT2D eigenvalue weighted by atomic mass is 10.1. The van der Waals surface area contributed by atoms with Gasteiger partial charge in [0.1, 0.15) is 5.75 Å². The quantitative estimate of drug-likeness (QED) is 0.557. The molecule has 2 aromatic rings. The van der Waals surface area contributed by atoms with E-state index in [1.165, 1.54) is 43.5 Å². The van der Waals surface area contributed by atoms with Crippen LogP contribution in [0.4, 0.5) is 17.1 Å². The second kappa shape index (κ2) is 8.57. The van der Waals surface area contributed by atoms with Crippen molar-refractivity contribution in [1.82, 2.24) is 0 Å². The highest BCUT2D eigenvalue weighted by Gasteiger charge is 2.23. The summed E-state index contributed by atoms with van der Waals surface area (Å²) < 4.78 is 10.5. The zero-order chi connectivity index (χ0) is 21.0. The third kappa shape index (κ3) is 4.43. The molecule has 0 aliphatic carbocycles. The number of ether oxygens (including phenoxy) is 2. The monoisotopic (exact) mass is 401 g/mol. The lowest BCUT2D eigenvalue weighted by molar-refractivity contribution is -0.384. The Hall–Kier alpha value is -3.66. The topological polar surface area (TPSA) is 131 Å². The Kier molecular flexibility index (Phi) is 5.93. The maximum Gasteiger partial charge on any atom is 0.335 e. The molecule has 29 heavy (non-hydrogen) atoms. The number of hydrogen-bond donors (Lipinski definition) is 2. The number of hydrogen-bond acceptors (Lipinski definition) is 7. The summed E-state index contributed by atoms with van der Waals surface area (Å²) in [6.45, 7) is 2.03. The van der Waals surface area contributed by atoms with Crippen molar-refractivity contribution in [2.75, 3.05) is 43.6 Å². The number of nitrogens with one attached hydrogen (secondary N) is 1. The van der Waals surface area contributed by atoms with Gasteiger partial charge in [-0.15, -0.1) is 0 Å². The number of carbonyl (C=O) groups is 2. The number of non-ortho nitro benzene ring substituents is 1. The first-order chi connectivity index (χ1) is 13.9. The minimum Gasteiger partial charge on any atom is -0.495 e. The zero-order valence-corrected chi connectivity index (χ0v) is 15.6. The van der Waals surface area contributed by atoms with Gasteiger partial charge in [-0.1, -0.05) is 0 Å². The van der Waals surface area contributed by atoms with Gasteiger partial charge in [0.25, 0.3) is 11.6 Å². The summed E-state index contributed by atoms with van der Waals surface area (Å²) in [5, 5.41) is 23.0. The van der Waals surface area contributed by atoms with E-state index in [4.69, 9.17) is 9.47 Å². The van der Waals surface area contributed by atoms with Crippen LogP contribution in [0.1, 0.15) is 20.7 Å². The summed E-state index contributed by atoms with van der Waals surface area (Å²) in [6, 6.07) is 8.12. The summed E-state index contributed by atoms with van der Waals surface area (Å²) in [6.07, 6.45) is 0. The average molecular weight is 401 g/mol. The van der Waals surface area contributed by atoms with Crippen LogP contribution in [0.3, 0.4) is 0 Å². The number of aromatic carboxylic acids is 1. The Bertz CT molecular complexity index is 955. The minimum absolute atomic E-state index is 0.0338. The maximum atomic E-state index is 13.0. The highest BCUT2D eigenvalue weighted by molar-refractivity contribution is 6.09. The Morgan fingerprint density at radius 3 is 2.55 bits per heavy atom. The van der Waals surface area contributed by atoms with Gasteiger partial charge >= 0.3 is 5.97 Å². The molecule has 0 unspecified atom stereocenters. The summed E-state index contributed by atoms with van der Waals surface area (Å²) in [4.78, 5) is 36.8. The molecule has 1 amide bonds. The SMILES string of the molecule is COc1ccc(C(=O)O)cc1NC(=O)c1cc([N+](=O)[O-])ccc1N1CCOCC1. The van der Waals surface area contributed by atoms with Crippen molar-refractivity contribution >= 4 is 28.9 Å². The number of benzene rings is 2. The Morgan fingerprint density at radius 2 is 1.93 bits per heavy atom. The molecule has 1 fully saturated rings. The number of carbonyl (C=O) groups excluding carboxylic acids is 1. The number of morpholine rings is 1. The molecular formula is C19H19N3O7. The second-order valence-electron chi connectivity index (χ2n) is 6.23. The van der Waals surface area contributed by atoms with Crippen LogP contribution in [0.5, 0.6) is 5.75 Å². The van der Waals surface area contributed by atoms with Gasteiger partial charge in [-0.05, 0) is 24.3 Å². The number of amides is 1. The summed E-state index contributed by atoms with van der Waals surface area (Å²) >= 11 is 0. The van der Waals surface area contributed by atoms with E-state index in [1.54, 1.807) is 0 Å². The number of carboxylic acids is 1. The molecule has 0 bridgehead atoms. The third-order valence-corrected chi connectivity index (χ3v) is 4.48. The second-order valence-corrected chi connectivity index (χ2v) is 6.23. The number of nitrogens with zero attached hydrogens (tertiary/aromatic N) is 2. The first kappa shape index (κ1) is 20.1. The molecular weight excluding hydrogens is 382 g/mol. The largest absolute Gasteiger partial charge is 0.495 e. The van der Waals surface area contributed by atoms with Crippen LogP contribution < -0.4 is 15.0 Å². The number of methoxy groups -OCH3 is 1. The molecule has 0 radical (unpaired) electrons. The van der Waals surface area contributed by atoms with Gasteiger partial charge in [0.05, 0.1) is 47.7 Å². The van der Waals surface area contributed by atoms with Crippen molar-refractivity contribution in [3.05, 3.63) is 57.6 Å². The maximum absolute atomic E-state index is 13.0. The fourth-order valence-corrected chi connectivity index (χ4v) is 3.03. The van der Waals surface area contributed by atoms with Crippen molar-refractivity contribution in [2.24, 2.45) is 0 Å². The average Bonchev–Trinajstić information content (AvgIpc) is 2.73. The molecule has 1 heterocycles. The fraction of sp³-hybridized carbons (Fsp3) is 0.263. The lowest BCUT2D eigenvalue weighted by Gasteiger charge is -2.30. The molecule has 10 heteroatoms. The molecule has 2 aromatic carbocycles. The molecule has 0 atom stereocenters. The minimum atomic E-state index is -1.16. The normalized spacial score (nSPS) is 13.6. The standard InChI is InChI=1S/C19H19N3O7/c1-28-17-5-2-12(19(24)25)10-15(17)20-18(23)14-11-13(22(26)27)3-4-16(14)21-6-8-29-9-7-21/h2-5,10-11H,6-9H2,1H3,(H,20,23)(H,24,25). The molecule has 1 aliphatic rings. The molecule has 152 valence electrons. The number of rotatable bonds is 6. The smallest absolute Gasteiger partial charge is 0.335 e. The lowest BCUT2D eigenvalue weighted by Crippen LogP contribution is -2.37. The highest BCUT2D eigenvalue weighted by Crippen LogP contribution is 2.30. The van der Waals surface area contributed by atoms with Gasteiger partial charge < -0.3 is 24.8 Å². The van der Waals surface area contributed by atoms with Crippen molar-refractivity contribution < 1.29 is 29.1 Å². The highest BCUT2D eigenvalue weighted by atomic mass is 16.6. The third-order valence-electron chi connectivity index (χ3n) is 4.48. The van der Waals surface area contributed by atoms with Gasteiger partial charge in [-0.3, -0.25) is 14.9 Å². The van der Waals surface area contributed by atoms with E-state index in [0.717, 1.165) is 0 Å². The van der Waals surface area contributed by atoms with Crippen LogP contribution in [0.2, 0.25) is 0 Å². The van der Waals surface area contributed by atoms with Crippen molar-refractivity contribution in [1.29, 1.82) is 0 Å². The van der Waals surface area contributed by atoms with Gasteiger partial charge in [0.2, 0.25) is 0 Å². The summed E-state index contributed by atoms with van der Waals surface area (Å²) in [5.74, 6) is -1.51. The first-order valence-corrected chi connectivity index (χ1v) is 8.74. The summed E-state index contributed by atoms with van der Waals surface area (Å²) in [7, 11) is 1.39. The van der Waals surface area contributed by atoms with Crippen molar-refractivity contribution in [3.8, 4) is 5.75 Å². The van der Waals surface area contributed by atoms with Crippen LogP contribution in [0.15, 0.2) is 36.4 Å². The first-order valence-electron chi connectivity index (χ1n) is 8.74. The molecule has 0 spiro atoms. The molecule has 0 aromatic heterocycles. The van der Waals surface area contributed by atoms with Crippen LogP contribution in [-0.4, -0.2) is 55.3 Å². The van der Waals surface area contributed by atoms with Crippen LogP contribution in [0.25, 0.3) is 0 Å². The van der Waals surface area contributed by atoms with E-state index in [-0.39, 0.29) is 28.3 Å². The van der Waals surface area contributed by atoms with Crippen LogP contribution in [0, 0.1) is 10.1 Å². The zero-order valence-electron chi connectivity index (χ0n) is 15.6. The van der Waals surface area contributed by atoms with E-state index < -0.39 is 16.8 Å². The van der Waals surface area contributed by atoms with Gasteiger partial charge in [0.15, 0.2) is 0 Å². The molecule has 3 rings (SSSR count). The van der Waals surface area contributed by atoms with Crippen LogP contribution >= 0.6 is 0 Å². The number of nitro groups is 1. The Balaban J connectivity index is 1.99. The number of anilines is 2. The number of carboxylic acid groups (broad SMARTS) is 1. The van der Waals surface area contributed by atoms with E-state index in [0.29, 0.717) is 32.0 Å². The summed E-state index contributed by atoms with van der Waals surface area (Å²) in [5.41, 5.74) is 0.525. The fourth-order valence-electron chi connectivity index (χ4n) is 3.03. The predicted octanol–water partition coefficient (Wildman–Crippen LogP) is 2.39.